The molecule has 0 spiro atoms. The number of aromatic nitrogens is 1. The molecule has 0 atom stereocenters. The van der Waals surface area contributed by atoms with E-state index in [2.05, 4.69) is 20.9 Å². The van der Waals surface area contributed by atoms with E-state index in [1.165, 1.54) is 12.1 Å². The van der Waals surface area contributed by atoms with Crippen molar-refractivity contribution in [2.45, 2.75) is 0 Å². The van der Waals surface area contributed by atoms with Gasteiger partial charge in [0.1, 0.15) is 11.4 Å². The van der Waals surface area contributed by atoms with Crippen molar-refractivity contribution < 1.29 is 23.4 Å². The third-order valence-corrected chi connectivity index (χ3v) is 2.64. The van der Waals surface area contributed by atoms with Gasteiger partial charge >= 0.3 is 5.97 Å². The van der Waals surface area contributed by atoms with E-state index in [1.54, 1.807) is 0 Å². The van der Waals surface area contributed by atoms with E-state index in [1.807, 2.05) is 0 Å². The number of halogens is 3. The fraction of sp³-hybridized carbons (Fsp3) is 0. The number of carboxylic acid groups (broad SMARTS) is 1. The molecule has 0 aliphatic heterocycles. The van der Waals surface area contributed by atoms with Crippen LogP contribution in [0.1, 0.15) is 10.4 Å². The van der Waals surface area contributed by atoms with Gasteiger partial charge in [-0.25, -0.2) is 18.6 Å². The summed E-state index contributed by atoms with van der Waals surface area (Å²) >= 11 is 3.13. The number of carbonyl (C=O) groups is 1. The molecule has 0 aliphatic rings. The van der Waals surface area contributed by atoms with Crippen LogP contribution in [-0.2, 0) is 0 Å². The van der Waals surface area contributed by atoms with Crippen LogP contribution in [0.25, 0.3) is 0 Å². The van der Waals surface area contributed by atoms with Gasteiger partial charge in [0.05, 0.1) is 6.20 Å². The van der Waals surface area contributed by atoms with Crippen LogP contribution < -0.4 is 4.74 Å². The number of benzene rings is 1. The van der Waals surface area contributed by atoms with Crippen LogP contribution in [-0.4, -0.2) is 16.1 Å². The van der Waals surface area contributed by atoms with Crippen molar-refractivity contribution in [2.24, 2.45) is 0 Å². The summed E-state index contributed by atoms with van der Waals surface area (Å²) in [5.74, 6) is -3.52. The van der Waals surface area contributed by atoms with Crippen molar-refractivity contribution >= 4 is 21.9 Å². The van der Waals surface area contributed by atoms with Crippen LogP contribution in [0.5, 0.6) is 11.6 Å². The molecule has 2 aromatic rings. The lowest BCUT2D eigenvalue weighted by Crippen LogP contribution is -2.03. The summed E-state index contributed by atoms with van der Waals surface area (Å²) in [6.07, 6.45) is 0.789. The van der Waals surface area contributed by atoms with Crippen molar-refractivity contribution in [3.63, 3.8) is 0 Å². The summed E-state index contributed by atoms with van der Waals surface area (Å²) in [6.45, 7) is 0. The highest BCUT2D eigenvalue weighted by Gasteiger charge is 2.16. The van der Waals surface area contributed by atoms with E-state index in [9.17, 15) is 13.6 Å². The van der Waals surface area contributed by atoms with Crippen molar-refractivity contribution in [3.05, 3.63) is 52.1 Å². The van der Waals surface area contributed by atoms with Crippen LogP contribution in [0.15, 0.2) is 34.9 Å². The summed E-state index contributed by atoms with van der Waals surface area (Å²) in [7, 11) is 0. The predicted octanol–water partition coefficient (Wildman–Crippen LogP) is 3.61. The molecule has 19 heavy (non-hydrogen) atoms. The zero-order chi connectivity index (χ0) is 14.0. The van der Waals surface area contributed by atoms with Gasteiger partial charge in [0.15, 0.2) is 11.6 Å². The average Bonchev–Trinajstić information content (AvgIpc) is 2.35. The van der Waals surface area contributed by atoms with Gasteiger partial charge < -0.3 is 9.84 Å². The van der Waals surface area contributed by atoms with Gasteiger partial charge in [-0.2, -0.15) is 0 Å². The molecule has 0 radical (unpaired) electrons. The van der Waals surface area contributed by atoms with E-state index >= 15 is 0 Å². The smallest absolute Gasteiger partial charge is 0.341 e. The lowest BCUT2D eigenvalue weighted by Gasteiger charge is -2.08. The standard InChI is InChI=1S/C12H6BrF2NO3/c13-6-1-2-9(15)10(3-6)19-11-8(12(17)18)4-7(14)5-16-11/h1-5H,(H,17,18). The highest BCUT2D eigenvalue weighted by Crippen LogP contribution is 2.28. The summed E-state index contributed by atoms with van der Waals surface area (Å²) in [4.78, 5) is 14.4. The second kappa shape index (κ2) is 5.31. The molecule has 1 aromatic heterocycles. The van der Waals surface area contributed by atoms with Gasteiger partial charge in [-0.05, 0) is 24.3 Å². The third kappa shape index (κ3) is 3.05. The van der Waals surface area contributed by atoms with Crippen molar-refractivity contribution in [1.29, 1.82) is 0 Å². The molecule has 0 aliphatic carbocycles. The molecular weight excluding hydrogens is 324 g/mol. The predicted molar refractivity (Wildman–Crippen MR) is 65.3 cm³/mol. The Bertz CT molecular complexity index is 649. The molecule has 1 N–H and O–H groups in total. The Morgan fingerprint density at radius 2 is 2.05 bits per heavy atom. The Morgan fingerprint density at radius 3 is 2.74 bits per heavy atom. The molecule has 4 nitrogen and oxygen atoms in total. The maximum atomic E-state index is 13.5. The van der Waals surface area contributed by atoms with Gasteiger partial charge in [0, 0.05) is 4.47 Å². The fourth-order valence-electron chi connectivity index (χ4n) is 1.32. The average molecular weight is 330 g/mol. The monoisotopic (exact) mass is 329 g/mol. The first-order chi connectivity index (χ1) is 8.97. The molecule has 0 saturated carbocycles. The highest BCUT2D eigenvalue weighted by atomic mass is 79.9. The number of hydrogen-bond acceptors (Lipinski definition) is 3. The first kappa shape index (κ1) is 13.4. The number of nitrogens with zero attached hydrogens (tertiary/aromatic N) is 1. The van der Waals surface area contributed by atoms with Crippen molar-refractivity contribution in [2.75, 3.05) is 0 Å². The second-order valence-corrected chi connectivity index (χ2v) is 4.40. The van der Waals surface area contributed by atoms with Crippen molar-refractivity contribution in [1.82, 2.24) is 4.98 Å². The zero-order valence-electron chi connectivity index (χ0n) is 9.23. The topological polar surface area (TPSA) is 59.4 Å². The number of hydrogen-bond donors (Lipinski definition) is 1. The Kier molecular flexibility index (Phi) is 3.75. The summed E-state index contributed by atoms with van der Waals surface area (Å²) in [6, 6.07) is 4.66. The number of aromatic carboxylic acids is 1. The van der Waals surface area contributed by atoms with E-state index in [4.69, 9.17) is 9.84 Å². The van der Waals surface area contributed by atoms with Gasteiger partial charge in [0.25, 0.3) is 0 Å². The van der Waals surface area contributed by atoms with E-state index in [-0.39, 0.29) is 11.6 Å². The van der Waals surface area contributed by atoms with Crippen LogP contribution in [0.2, 0.25) is 0 Å². The summed E-state index contributed by atoms with van der Waals surface area (Å²) in [5.41, 5.74) is -0.487. The normalized spacial score (nSPS) is 10.3. The molecule has 0 unspecified atom stereocenters. The van der Waals surface area contributed by atoms with E-state index < -0.39 is 23.2 Å². The second-order valence-electron chi connectivity index (χ2n) is 3.49. The third-order valence-electron chi connectivity index (χ3n) is 2.15. The SMILES string of the molecule is O=C(O)c1cc(F)cnc1Oc1cc(Br)ccc1F. The molecule has 1 aromatic carbocycles. The molecule has 0 bridgehead atoms. The maximum Gasteiger partial charge on any atom is 0.341 e. The largest absolute Gasteiger partial charge is 0.477 e. The number of ether oxygens (including phenoxy) is 1. The Morgan fingerprint density at radius 1 is 1.32 bits per heavy atom. The van der Waals surface area contributed by atoms with Gasteiger partial charge in [0.2, 0.25) is 5.88 Å². The number of carboxylic acids is 1. The Hall–Kier alpha value is -2.02. The molecule has 2 rings (SSSR count). The molecule has 1 heterocycles. The Balaban J connectivity index is 2.43. The quantitative estimate of drug-likeness (QED) is 0.934. The fourth-order valence-corrected chi connectivity index (χ4v) is 1.66. The lowest BCUT2D eigenvalue weighted by atomic mass is 10.2. The molecule has 7 heteroatoms. The van der Waals surface area contributed by atoms with Gasteiger partial charge in [-0.3, -0.25) is 0 Å². The number of rotatable bonds is 3. The minimum atomic E-state index is -1.42. The Labute approximate surface area is 114 Å². The van der Waals surface area contributed by atoms with E-state index in [0.717, 1.165) is 18.3 Å². The number of pyridine rings is 1. The van der Waals surface area contributed by atoms with Crippen molar-refractivity contribution in [3.8, 4) is 11.6 Å². The lowest BCUT2D eigenvalue weighted by molar-refractivity contribution is 0.0692. The molecule has 0 amide bonds. The van der Waals surface area contributed by atoms with E-state index in [0.29, 0.717) is 4.47 Å². The minimum absolute atomic E-state index is 0.212. The molecule has 0 saturated heterocycles. The zero-order valence-corrected chi connectivity index (χ0v) is 10.8. The summed E-state index contributed by atoms with van der Waals surface area (Å²) in [5, 5.41) is 8.90. The summed E-state index contributed by atoms with van der Waals surface area (Å²) < 4.78 is 32.0. The molecule has 98 valence electrons. The van der Waals surface area contributed by atoms with Crippen LogP contribution in [0.4, 0.5) is 8.78 Å². The molecular formula is C12H6BrF2NO3. The van der Waals surface area contributed by atoms with Crippen LogP contribution in [0.3, 0.4) is 0 Å². The maximum absolute atomic E-state index is 13.5. The first-order valence-electron chi connectivity index (χ1n) is 4.99. The van der Waals surface area contributed by atoms with Crippen LogP contribution in [0, 0.1) is 11.6 Å². The van der Waals surface area contributed by atoms with Gasteiger partial charge in [-0.15, -0.1) is 0 Å². The molecule has 0 fully saturated rings. The van der Waals surface area contributed by atoms with Crippen LogP contribution >= 0.6 is 15.9 Å². The first-order valence-corrected chi connectivity index (χ1v) is 5.78. The highest BCUT2D eigenvalue weighted by molar-refractivity contribution is 9.10. The van der Waals surface area contributed by atoms with Gasteiger partial charge in [-0.1, -0.05) is 15.9 Å². The minimum Gasteiger partial charge on any atom is -0.477 e.